The van der Waals surface area contributed by atoms with E-state index in [9.17, 15) is 18.7 Å². The van der Waals surface area contributed by atoms with Crippen LogP contribution in [0.5, 0.6) is 0 Å². The zero-order valence-corrected chi connectivity index (χ0v) is 12.0. The Kier molecular flexibility index (Phi) is 4.42. The lowest BCUT2D eigenvalue weighted by Crippen LogP contribution is -2.07. The van der Waals surface area contributed by atoms with E-state index >= 15 is 0 Å². The average Bonchev–Trinajstić information content (AvgIpc) is 2.41. The Bertz CT molecular complexity index is 804. The fourth-order valence-electron chi connectivity index (χ4n) is 2.04. The van der Waals surface area contributed by atoms with E-state index in [0.717, 1.165) is 17.7 Å². The number of benzene rings is 2. The molecule has 0 aliphatic carbocycles. The Labute approximate surface area is 126 Å². The maximum atomic E-state index is 13.9. The van der Waals surface area contributed by atoms with Crippen LogP contribution in [0.1, 0.15) is 28.4 Å². The Morgan fingerprint density at radius 3 is 2.50 bits per heavy atom. The van der Waals surface area contributed by atoms with Gasteiger partial charge in [-0.1, -0.05) is 12.0 Å². The number of carboxylic acids is 1. The molecule has 0 heterocycles. The minimum absolute atomic E-state index is 0.0324. The largest absolute Gasteiger partial charge is 0.478 e. The molecule has 2 rings (SSSR count). The lowest BCUT2D eigenvalue weighted by molar-refractivity contribution is 0.0697. The molecule has 0 atom stereocenters. The van der Waals surface area contributed by atoms with E-state index in [4.69, 9.17) is 0 Å². The van der Waals surface area contributed by atoms with Crippen LogP contribution in [0.4, 0.5) is 20.2 Å². The predicted molar refractivity (Wildman–Crippen MR) is 80.3 cm³/mol. The first-order valence-electron chi connectivity index (χ1n) is 6.45. The molecule has 2 N–H and O–H groups in total. The summed E-state index contributed by atoms with van der Waals surface area (Å²) in [4.78, 5) is 11.4. The molecule has 2 aromatic carbocycles. The van der Waals surface area contributed by atoms with E-state index in [1.807, 2.05) is 0 Å². The number of nitrogens with one attached hydrogen (secondary N) is 1. The Balaban J connectivity index is 2.58. The first-order valence-corrected chi connectivity index (χ1v) is 6.45. The van der Waals surface area contributed by atoms with Crippen molar-refractivity contribution in [3.05, 3.63) is 58.7 Å². The summed E-state index contributed by atoms with van der Waals surface area (Å²) in [6.45, 7) is 3.25. The predicted octanol–water partition coefficient (Wildman–Crippen LogP) is 4.09. The van der Waals surface area contributed by atoms with Gasteiger partial charge in [0.15, 0.2) is 0 Å². The molecule has 0 unspecified atom stereocenters. The highest BCUT2D eigenvalue weighted by Gasteiger charge is 2.18. The highest BCUT2D eigenvalue weighted by atomic mass is 19.1. The van der Waals surface area contributed by atoms with E-state index in [1.54, 1.807) is 13.0 Å². The third kappa shape index (κ3) is 3.23. The van der Waals surface area contributed by atoms with Crippen LogP contribution in [0.3, 0.4) is 0 Å². The topological polar surface area (TPSA) is 49.3 Å². The maximum absolute atomic E-state index is 13.9. The van der Waals surface area contributed by atoms with Crippen molar-refractivity contribution in [2.24, 2.45) is 0 Å². The van der Waals surface area contributed by atoms with E-state index in [-0.39, 0.29) is 22.5 Å². The summed E-state index contributed by atoms with van der Waals surface area (Å²) in [5.41, 5.74) is 0.571. The number of hydrogen-bond donors (Lipinski definition) is 2. The van der Waals surface area contributed by atoms with Gasteiger partial charge in [-0.15, -0.1) is 5.92 Å². The molecule has 2 aromatic rings. The van der Waals surface area contributed by atoms with Crippen LogP contribution in [0, 0.1) is 30.4 Å². The fourth-order valence-corrected chi connectivity index (χ4v) is 2.04. The summed E-state index contributed by atoms with van der Waals surface area (Å²) < 4.78 is 27.6. The van der Waals surface area contributed by atoms with Gasteiger partial charge in [0.2, 0.25) is 0 Å². The van der Waals surface area contributed by atoms with Crippen molar-refractivity contribution in [2.75, 3.05) is 5.32 Å². The van der Waals surface area contributed by atoms with Crippen LogP contribution >= 0.6 is 0 Å². The molecule has 0 aliphatic heterocycles. The molecule has 0 amide bonds. The van der Waals surface area contributed by atoms with Gasteiger partial charge in [0.25, 0.3) is 0 Å². The van der Waals surface area contributed by atoms with Gasteiger partial charge in [0.05, 0.1) is 16.9 Å². The molecule has 112 valence electrons. The van der Waals surface area contributed by atoms with Crippen molar-refractivity contribution >= 4 is 17.3 Å². The summed E-state index contributed by atoms with van der Waals surface area (Å²) in [5.74, 6) is 2.60. The quantitative estimate of drug-likeness (QED) is 0.840. The van der Waals surface area contributed by atoms with Gasteiger partial charge in [0.1, 0.15) is 11.6 Å². The molecule has 0 spiro atoms. The maximum Gasteiger partial charge on any atom is 0.339 e. The summed E-state index contributed by atoms with van der Waals surface area (Å²) in [5, 5.41) is 12.0. The number of carbonyl (C=O) groups is 1. The number of aryl methyl sites for hydroxylation is 1. The Morgan fingerprint density at radius 1 is 1.18 bits per heavy atom. The van der Waals surface area contributed by atoms with Crippen molar-refractivity contribution in [2.45, 2.75) is 13.8 Å². The molecule has 0 radical (unpaired) electrons. The second-order valence-electron chi connectivity index (χ2n) is 4.66. The number of rotatable bonds is 3. The van der Waals surface area contributed by atoms with Crippen LogP contribution in [0.2, 0.25) is 0 Å². The zero-order valence-electron chi connectivity index (χ0n) is 12.0. The number of hydrogen-bond acceptors (Lipinski definition) is 2. The van der Waals surface area contributed by atoms with Crippen LogP contribution in [0.25, 0.3) is 0 Å². The van der Waals surface area contributed by atoms with Crippen molar-refractivity contribution in [3.8, 4) is 11.8 Å². The molecule has 0 bridgehead atoms. The normalized spacial score (nSPS) is 9.82. The second-order valence-corrected chi connectivity index (χ2v) is 4.66. The van der Waals surface area contributed by atoms with E-state index in [2.05, 4.69) is 17.2 Å². The standard InChI is InChI=1S/C17H13F2NO2/c1-3-4-11-8-12(18)9-15(16(11)17(21)22)20-14-6-5-10(2)7-13(14)19/h5-9,20H,1-2H3,(H,21,22). The van der Waals surface area contributed by atoms with Crippen LogP contribution in [0.15, 0.2) is 30.3 Å². The van der Waals surface area contributed by atoms with Gasteiger partial charge in [-0.2, -0.15) is 0 Å². The third-order valence-corrected chi connectivity index (χ3v) is 2.97. The smallest absolute Gasteiger partial charge is 0.339 e. The number of anilines is 2. The molecule has 5 heteroatoms. The molecule has 0 saturated carbocycles. The number of halogens is 2. The highest BCUT2D eigenvalue weighted by molar-refractivity contribution is 5.98. The third-order valence-electron chi connectivity index (χ3n) is 2.97. The molecule has 0 aliphatic rings. The summed E-state index contributed by atoms with van der Waals surface area (Å²) >= 11 is 0. The van der Waals surface area contributed by atoms with Crippen molar-refractivity contribution in [1.29, 1.82) is 0 Å². The van der Waals surface area contributed by atoms with Crippen LogP contribution in [-0.4, -0.2) is 11.1 Å². The fraction of sp³-hybridized carbons (Fsp3) is 0.118. The Morgan fingerprint density at radius 2 is 1.91 bits per heavy atom. The van der Waals surface area contributed by atoms with Crippen LogP contribution in [-0.2, 0) is 0 Å². The van der Waals surface area contributed by atoms with E-state index < -0.39 is 17.6 Å². The molecule has 0 aromatic heterocycles. The van der Waals surface area contributed by atoms with E-state index in [0.29, 0.717) is 0 Å². The first-order chi connectivity index (χ1) is 10.4. The SMILES string of the molecule is CC#Cc1cc(F)cc(Nc2ccc(C)cc2F)c1C(=O)O. The van der Waals surface area contributed by atoms with Crippen molar-refractivity contribution in [1.82, 2.24) is 0 Å². The molecule has 0 fully saturated rings. The van der Waals surface area contributed by atoms with Gasteiger partial charge in [-0.3, -0.25) is 0 Å². The van der Waals surface area contributed by atoms with Gasteiger partial charge >= 0.3 is 5.97 Å². The average molecular weight is 301 g/mol. The second kappa shape index (κ2) is 6.27. The van der Waals surface area contributed by atoms with Gasteiger partial charge in [-0.05, 0) is 43.7 Å². The van der Waals surface area contributed by atoms with Gasteiger partial charge < -0.3 is 10.4 Å². The van der Waals surface area contributed by atoms with Crippen molar-refractivity contribution in [3.63, 3.8) is 0 Å². The molecule has 3 nitrogen and oxygen atoms in total. The highest BCUT2D eigenvalue weighted by Crippen LogP contribution is 2.27. The minimum atomic E-state index is -1.27. The molecular weight excluding hydrogens is 288 g/mol. The van der Waals surface area contributed by atoms with Gasteiger partial charge in [0, 0.05) is 5.56 Å². The monoisotopic (exact) mass is 301 g/mol. The molecular formula is C17H13F2NO2. The zero-order chi connectivity index (χ0) is 16.3. The summed E-state index contributed by atoms with van der Waals surface area (Å²) in [6.07, 6.45) is 0. The lowest BCUT2D eigenvalue weighted by Gasteiger charge is -2.12. The van der Waals surface area contributed by atoms with E-state index in [1.165, 1.54) is 19.1 Å². The molecule has 22 heavy (non-hydrogen) atoms. The lowest BCUT2D eigenvalue weighted by atomic mass is 10.0. The Hall–Kier alpha value is -2.87. The summed E-state index contributed by atoms with van der Waals surface area (Å²) in [6, 6.07) is 6.47. The molecule has 0 saturated heterocycles. The van der Waals surface area contributed by atoms with Gasteiger partial charge in [-0.25, -0.2) is 13.6 Å². The van der Waals surface area contributed by atoms with Crippen molar-refractivity contribution < 1.29 is 18.7 Å². The number of carboxylic acid groups (broad SMARTS) is 1. The van der Waals surface area contributed by atoms with Crippen LogP contribution < -0.4 is 5.32 Å². The minimum Gasteiger partial charge on any atom is -0.478 e. The summed E-state index contributed by atoms with van der Waals surface area (Å²) in [7, 11) is 0. The number of aromatic carboxylic acids is 1. The first kappa shape index (κ1) is 15.5.